The van der Waals surface area contributed by atoms with E-state index >= 15 is 0 Å². The first-order chi connectivity index (χ1) is 18.4. The lowest BCUT2D eigenvalue weighted by Gasteiger charge is -2.31. The van der Waals surface area contributed by atoms with E-state index in [1.54, 1.807) is 7.11 Å². The number of anilines is 1. The van der Waals surface area contributed by atoms with Gasteiger partial charge in [-0.2, -0.15) is 0 Å². The molecule has 0 bridgehead atoms. The Morgan fingerprint density at radius 1 is 1.03 bits per heavy atom. The number of aromatic nitrogens is 3. The highest BCUT2D eigenvalue weighted by Gasteiger charge is 2.40. The van der Waals surface area contributed by atoms with Crippen molar-refractivity contribution >= 4 is 22.8 Å². The van der Waals surface area contributed by atoms with Gasteiger partial charge >= 0.3 is 6.09 Å². The molecule has 1 saturated heterocycles. The third-order valence-corrected chi connectivity index (χ3v) is 7.73. The number of aryl methyl sites for hydroxylation is 2. The molecule has 1 atom stereocenters. The van der Waals surface area contributed by atoms with Gasteiger partial charge in [0.2, 0.25) is 0 Å². The number of methoxy groups -OCH3 is 1. The first-order valence-corrected chi connectivity index (χ1v) is 12.7. The Morgan fingerprint density at radius 2 is 1.82 bits per heavy atom. The van der Waals surface area contributed by atoms with Gasteiger partial charge in [-0.3, -0.25) is 4.90 Å². The van der Waals surface area contributed by atoms with Crippen molar-refractivity contribution in [2.45, 2.75) is 57.7 Å². The molecule has 6 rings (SSSR count). The molecule has 2 aliphatic rings. The van der Waals surface area contributed by atoms with E-state index in [0.717, 1.165) is 71.4 Å². The minimum atomic E-state index is -1.03. The van der Waals surface area contributed by atoms with Crippen LogP contribution in [0.25, 0.3) is 22.2 Å². The number of amides is 1. The second-order valence-corrected chi connectivity index (χ2v) is 9.97. The number of rotatable bonds is 5. The maximum atomic E-state index is 14.1. The smallest absolute Gasteiger partial charge is 0.415 e. The van der Waals surface area contributed by atoms with E-state index in [-0.39, 0.29) is 24.4 Å². The number of nitrogens with zero attached hydrogens (tertiary/aromatic N) is 4. The van der Waals surface area contributed by atoms with Crippen molar-refractivity contribution in [3.05, 3.63) is 65.3 Å². The van der Waals surface area contributed by atoms with E-state index < -0.39 is 23.8 Å². The van der Waals surface area contributed by atoms with Gasteiger partial charge in [-0.1, -0.05) is 11.2 Å². The molecule has 2 aromatic carbocycles. The van der Waals surface area contributed by atoms with E-state index in [2.05, 4.69) is 9.72 Å². The number of cyclic esters (lactones) is 1. The molecule has 198 valence electrons. The fraction of sp³-hybridized carbons (Fsp3) is 0.393. The van der Waals surface area contributed by atoms with Gasteiger partial charge in [-0.25, -0.2) is 18.6 Å². The summed E-state index contributed by atoms with van der Waals surface area (Å²) < 4.78 is 46.4. The van der Waals surface area contributed by atoms with Gasteiger partial charge in [-0.15, -0.1) is 0 Å². The SMILES string of the molecule is COC1CCC(n2c([C@@H]3COC(=O)N3c3ccc(F)c(F)c3)nc3cc(-c4c(C)noc4C)ccc32)CC1. The summed E-state index contributed by atoms with van der Waals surface area (Å²) in [6.07, 6.45) is 3.17. The quantitative estimate of drug-likeness (QED) is 0.301. The monoisotopic (exact) mass is 522 g/mol. The maximum Gasteiger partial charge on any atom is 0.415 e. The third-order valence-electron chi connectivity index (χ3n) is 7.73. The number of hydrogen-bond donors (Lipinski definition) is 0. The Labute approximate surface area is 218 Å². The fourth-order valence-corrected chi connectivity index (χ4v) is 5.86. The van der Waals surface area contributed by atoms with Crippen LogP contribution in [0, 0.1) is 25.5 Å². The molecule has 2 aromatic heterocycles. The summed E-state index contributed by atoms with van der Waals surface area (Å²) >= 11 is 0. The number of imidazole rings is 1. The molecule has 3 heterocycles. The lowest BCUT2D eigenvalue weighted by molar-refractivity contribution is 0.0584. The zero-order valence-electron chi connectivity index (χ0n) is 21.4. The van der Waals surface area contributed by atoms with Gasteiger partial charge in [0.05, 0.1) is 28.5 Å². The summed E-state index contributed by atoms with van der Waals surface area (Å²) in [5.74, 6) is -0.644. The van der Waals surface area contributed by atoms with E-state index in [0.29, 0.717) is 5.82 Å². The van der Waals surface area contributed by atoms with Crippen LogP contribution in [-0.2, 0) is 9.47 Å². The van der Waals surface area contributed by atoms with Crippen LogP contribution in [0.3, 0.4) is 0 Å². The average molecular weight is 523 g/mol. The van der Waals surface area contributed by atoms with Crippen molar-refractivity contribution in [1.29, 1.82) is 0 Å². The topological polar surface area (TPSA) is 82.6 Å². The fourth-order valence-electron chi connectivity index (χ4n) is 5.86. The minimum absolute atomic E-state index is 0.0469. The zero-order valence-corrected chi connectivity index (χ0v) is 21.4. The molecule has 0 radical (unpaired) electrons. The second-order valence-electron chi connectivity index (χ2n) is 9.97. The molecule has 0 spiro atoms. The number of fused-ring (bicyclic) bond motifs is 1. The van der Waals surface area contributed by atoms with Crippen molar-refractivity contribution in [1.82, 2.24) is 14.7 Å². The number of benzene rings is 2. The number of ether oxygens (including phenoxy) is 2. The summed E-state index contributed by atoms with van der Waals surface area (Å²) in [6, 6.07) is 9.00. The summed E-state index contributed by atoms with van der Waals surface area (Å²) in [7, 11) is 1.74. The normalized spacial score (nSPS) is 21.9. The highest BCUT2D eigenvalue weighted by Crippen LogP contribution is 2.40. The van der Waals surface area contributed by atoms with Crippen LogP contribution >= 0.6 is 0 Å². The Kier molecular flexibility index (Phi) is 6.14. The Morgan fingerprint density at radius 3 is 2.50 bits per heavy atom. The van der Waals surface area contributed by atoms with Gasteiger partial charge in [0.15, 0.2) is 11.6 Å². The molecule has 8 nitrogen and oxygen atoms in total. The summed E-state index contributed by atoms with van der Waals surface area (Å²) in [6.45, 7) is 3.82. The average Bonchev–Trinajstić information content (AvgIpc) is 3.59. The van der Waals surface area contributed by atoms with Gasteiger partial charge in [0, 0.05) is 24.8 Å². The van der Waals surface area contributed by atoms with Crippen LogP contribution in [-0.4, -0.2) is 40.6 Å². The van der Waals surface area contributed by atoms with Crippen LogP contribution < -0.4 is 4.90 Å². The van der Waals surface area contributed by atoms with Crippen LogP contribution in [0.2, 0.25) is 0 Å². The molecule has 2 fully saturated rings. The van der Waals surface area contributed by atoms with Gasteiger partial charge < -0.3 is 18.6 Å². The molecule has 1 saturated carbocycles. The molecular formula is C28H28F2N4O4. The van der Waals surface area contributed by atoms with Gasteiger partial charge in [0.1, 0.15) is 24.2 Å². The van der Waals surface area contributed by atoms with Crippen molar-refractivity contribution in [3.8, 4) is 11.1 Å². The van der Waals surface area contributed by atoms with Gasteiger partial charge in [-0.05, 0) is 69.4 Å². The van der Waals surface area contributed by atoms with Crippen molar-refractivity contribution in [2.75, 3.05) is 18.6 Å². The molecule has 1 aliphatic carbocycles. The number of carbonyl (C=O) groups excluding carboxylic acids is 1. The molecular weight excluding hydrogens is 494 g/mol. The molecule has 38 heavy (non-hydrogen) atoms. The maximum absolute atomic E-state index is 14.1. The van der Waals surface area contributed by atoms with Crippen LogP contribution in [0.4, 0.5) is 19.3 Å². The predicted octanol–water partition coefficient (Wildman–Crippen LogP) is 6.41. The molecule has 1 aliphatic heterocycles. The Balaban J connectivity index is 1.49. The lowest BCUT2D eigenvalue weighted by atomic mass is 9.92. The number of carbonyl (C=O) groups is 1. The Bertz CT molecular complexity index is 1500. The Hall–Kier alpha value is -3.79. The molecule has 4 aromatic rings. The van der Waals surface area contributed by atoms with Crippen LogP contribution in [0.5, 0.6) is 0 Å². The van der Waals surface area contributed by atoms with Crippen molar-refractivity contribution in [2.24, 2.45) is 0 Å². The zero-order chi connectivity index (χ0) is 26.6. The summed E-state index contributed by atoms with van der Waals surface area (Å²) in [5.41, 5.74) is 4.56. The standard InChI is InChI=1S/C28H28F2N4O4/c1-15-26(16(2)38-32-15)17-4-11-24-23(12-17)31-27(33(24)18-5-8-20(36-3)9-6-18)25-14-37-28(35)34(25)19-7-10-21(29)22(30)13-19/h4,7,10-13,18,20,25H,5-6,8-9,14H2,1-3H3/t18?,20?,25-/m0/s1. The minimum Gasteiger partial charge on any atom is -0.446 e. The predicted molar refractivity (Wildman–Crippen MR) is 136 cm³/mol. The van der Waals surface area contributed by atoms with Crippen molar-refractivity contribution in [3.63, 3.8) is 0 Å². The molecule has 0 N–H and O–H groups in total. The third kappa shape index (κ3) is 4.03. The number of halogens is 2. The highest BCUT2D eigenvalue weighted by molar-refractivity contribution is 5.91. The molecule has 1 amide bonds. The first kappa shape index (κ1) is 24.5. The first-order valence-electron chi connectivity index (χ1n) is 12.7. The lowest BCUT2D eigenvalue weighted by Crippen LogP contribution is -2.31. The van der Waals surface area contributed by atoms with Gasteiger partial charge in [0.25, 0.3) is 0 Å². The second kappa shape index (κ2) is 9.50. The van der Waals surface area contributed by atoms with Crippen LogP contribution in [0.1, 0.15) is 55.0 Å². The highest BCUT2D eigenvalue weighted by atomic mass is 19.2. The van der Waals surface area contributed by atoms with E-state index in [9.17, 15) is 13.6 Å². The van der Waals surface area contributed by atoms with Crippen LogP contribution in [0.15, 0.2) is 40.9 Å². The largest absolute Gasteiger partial charge is 0.446 e. The van der Waals surface area contributed by atoms with E-state index in [4.69, 9.17) is 19.0 Å². The number of hydrogen-bond acceptors (Lipinski definition) is 6. The molecule has 0 unspecified atom stereocenters. The summed E-state index contributed by atoms with van der Waals surface area (Å²) in [4.78, 5) is 19.2. The van der Waals surface area contributed by atoms with E-state index in [1.165, 1.54) is 11.0 Å². The van der Waals surface area contributed by atoms with Crippen molar-refractivity contribution < 1.29 is 27.6 Å². The summed E-state index contributed by atoms with van der Waals surface area (Å²) in [5, 5.41) is 4.08. The molecule has 10 heteroatoms. The van der Waals surface area contributed by atoms with E-state index in [1.807, 2.05) is 32.0 Å².